The lowest BCUT2D eigenvalue weighted by molar-refractivity contribution is -0.121. The Morgan fingerprint density at radius 3 is 1.88 bits per heavy atom. The van der Waals surface area contributed by atoms with Crippen LogP contribution in [0.4, 0.5) is 0 Å². The number of halogens is 1. The molecule has 0 atom stereocenters. The van der Waals surface area contributed by atoms with Crippen molar-refractivity contribution in [3.63, 3.8) is 0 Å². The summed E-state index contributed by atoms with van der Waals surface area (Å²) >= 11 is 0. The minimum absolute atomic E-state index is 0. The van der Waals surface area contributed by atoms with Crippen LogP contribution in [0.5, 0.6) is 0 Å². The first-order valence-electron chi connectivity index (χ1n) is 11.4. The zero-order valence-electron chi connectivity index (χ0n) is 18.8. The minimum atomic E-state index is 0. The Balaban J connectivity index is 0.00000259. The number of benzene rings is 3. The third-order valence-electron chi connectivity index (χ3n) is 6.35. The van der Waals surface area contributed by atoms with E-state index in [1.165, 1.54) is 16.3 Å². The van der Waals surface area contributed by atoms with Crippen molar-refractivity contribution in [1.29, 1.82) is 0 Å². The lowest BCUT2D eigenvalue weighted by atomic mass is 10.2. The molecule has 1 fully saturated rings. The van der Waals surface area contributed by atoms with Crippen molar-refractivity contribution in [2.45, 2.75) is 6.54 Å². The SMILES string of the molecule is Cl.O=C(CN1CCN(C/C=C/c2ccccc2)CC1)Cn1c2ccccc2c2ccccc21. The molecule has 0 radical (unpaired) electrons. The Kier molecular flexibility index (Phi) is 7.61. The molecule has 33 heavy (non-hydrogen) atoms. The number of carbonyl (C=O) groups is 1. The second-order valence-electron chi connectivity index (χ2n) is 8.55. The summed E-state index contributed by atoms with van der Waals surface area (Å²) < 4.78 is 2.18. The van der Waals surface area contributed by atoms with Gasteiger partial charge in [-0.1, -0.05) is 78.9 Å². The molecule has 4 aromatic rings. The third kappa shape index (κ3) is 5.36. The number of para-hydroxylation sites is 2. The van der Waals surface area contributed by atoms with Gasteiger partial charge >= 0.3 is 0 Å². The molecule has 1 aliphatic rings. The Hall–Kier alpha value is -2.92. The average molecular weight is 460 g/mol. The Morgan fingerprint density at radius 2 is 1.24 bits per heavy atom. The molecule has 170 valence electrons. The van der Waals surface area contributed by atoms with Gasteiger partial charge in [0.1, 0.15) is 0 Å². The molecular formula is C28H30ClN3O. The predicted molar refractivity (Wildman–Crippen MR) is 140 cm³/mol. The summed E-state index contributed by atoms with van der Waals surface area (Å²) in [6.45, 7) is 5.79. The first kappa shape index (κ1) is 23.2. The van der Waals surface area contributed by atoms with Gasteiger partial charge in [-0.3, -0.25) is 14.6 Å². The lowest BCUT2D eigenvalue weighted by Crippen LogP contribution is -2.48. The molecule has 0 spiro atoms. The maximum Gasteiger partial charge on any atom is 0.166 e. The fraction of sp³-hybridized carbons (Fsp3) is 0.250. The molecule has 0 amide bonds. The number of ketones is 1. The zero-order valence-corrected chi connectivity index (χ0v) is 19.6. The van der Waals surface area contributed by atoms with Crippen LogP contribution in [0.25, 0.3) is 27.9 Å². The second-order valence-corrected chi connectivity index (χ2v) is 8.55. The van der Waals surface area contributed by atoms with E-state index in [-0.39, 0.29) is 18.2 Å². The Morgan fingerprint density at radius 1 is 0.697 bits per heavy atom. The summed E-state index contributed by atoms with van der Waals surface area (Å²) in [6.07, 6.45) is 4.42. The normalized spacial score (nSPS) is 15.3. The quantitative estimate of drug-likeness (QED) is 0.384. The van der Waals surface area contributed by atoms with E-state index in [9.17, 15) is 4.79 Å². The van der Waals surface area contributed by atoms with Gasteiger partial charge in [-0.25, -0.2) is 0 Å². The predicted octanol–water partition coefficient (Wildman–Crippen LogP) is 5.12. The molecule has 0 saturated carbocycles. The van der Waals surface area contributed by atoms with Gasteiger partial charge in [-0.2, -0.15) is 0 Å². The van der Waals surface area contributed by atoms with Crippen molar-refractivity contribution in [2.24, 2.45) is 0 Å². The first-order chi connectivity index (χ1) is 15.8. The van der Waals surface area contributed by atoms with Crippen molar-refractivity contribution in [3.8, 4) is 0 Å². The van der Waals surface area contributed by atoms with Gasteiger partial charge in [0.15, 0.2) is 5.78 Å². The highest BCUT2D eigenvalue weighted by Gasteiger charge is 2.19. The molecular weight excluding hydrogens is 430 g/mol. The number of Topliss-reactive ketones (excluding diaryl/α,β-unsaturated/α-hetero) is 1. The summed E-state index contributed by atoms with van der Waals surface area (Å²) in [5.41, 5.74) is 3.51. The lowest BCUT2D eigenvalue weighted by Gasteiger charge is -2.33. The van der Waals surface area contributed by atoms with Crippen LogP contribution in [-0.4, -0.2) is 59.4 Å². The molecule has 1 saturated heterocycles. The summed E-state index contributed by atoms with van der Waals surface area (Å²) in [5.74, 6) is 0.272. The summed E-state index contributed by atoms with van der Waals surface area (Å²) in [5, 5.41) is 2.43. The highest BCUT2D eigenvalue weighted by molar-refractivity contribution is 6.08. The monoisotopic (exact) mass is 459 g/mol. The molecule has 5 heteroatoms. The third-order valence-corrected chi connectivity index (χ3v) is 6.35. The molecule has 5 rings (SSSR count). The zero-order chi connectivity index (χ0) is 21.8. The summed E-state index contributed by atoms with van der Waals surface area (Å²) in [6, 6.07) is 27.2. The number of rotatable bonds is 7. The van der Waals surface area contributed by atoms with Crippen LogP contribution in [0.3, 0.4) is 0 Å². The fourth-order valence-electron chi connectivity index (χ4n) is 4.68. The highest BCUT2D eigenvalue weighted by atomic mass is 35.5. The number of nitrogens with zero attached hydrogens (tertiary/aromatic N) is 3. The molecule has 1 aliphatic heterocycles. The van der Waals surface area contributed by atoms with Gasteiger partial charge in [-0.15, -0.1) is 12.4 Å². The topological polar surface area (TPSA) is 28.5 Å². The molecule has 1 aromatic heterocycles. The number of carbonyl (C=O) groups excluding carboxylic acids is 1. The van der Waals surface area contributed by atoms with Crippen LogP contribution in [0, 0.1) is 0 Å². The Labute approximate surface area is 201 Å². The van der Waals surface area contributed by atoms with E-state index < -0.39 is 0 Å². The van der Waals surface area contributed by atoms with Gasteiger partial charge in [0, 0.05) is 54.5 Å². The van der Waals surface area contributed by atoms with Crippen LogP contribution in [0.2, 0.25) is 0 Å². The molecule has 0 N–H and O–H groups in total. The van der Waals surface area contributed by atoms with Crippen molar-refractivity contribution in [1.82, 2.24) is 14.4 Å². The summed E-state index contributed by atoms with van der Waals surface area (Å²) in [7, 11) is 0. The van der Waals surface area contributed by atoms with Crippen LogP contribution in [-0.2, 0) is 11.3 Å². The van der Waals surface area contributed by atoms with Crippen molar-refractivity contribution >= 4 is 46.1 Å². The maximum atomic E-state index is 13.0. The summed E-state index contributed by atoms with van der Waals surface area (Å²) in [4.78, 5) is 17.7. The van der Waals surface area contributed by atoms with E-state index in [2.05, 4.69) is 87.2 Å². The first-order valence-corrected chi connectivity index (χ1v) is 11.4. The minimum Gasteiger partial charge on any atom is -0.333 e. The van der Waals surface area contributed by atoms with Crippen LogP contribution < -0.4 is 0 Å². The largest absolute Gasteiger partial charge is 0.333 e. The van der Waals surface area contributed by atoms with Crippen molar-refractivity contribution < 1.29 is 4.79 Å². The fourth-order valence-corrected chi connectivity index (χ4v) is 4.68. The molecule has 0 aliphatic carbocycles. The standard InChI is InChI=1S/C28H29N3O.ClH/c32-24(22-31-27-14-6-4-12-25(27)26-13-5-7-15-28(26)31)21-30-19-17-29(18-20-30)16-8-11-23-9-2-1-3-10-23;/h1-15H,16-22H2;1H/b11-8+;. The van der Waals surface area contributed by atoms with Gasteiger partial charge < -0.3 is 4.57 Å². The van der Waals surface area contributed by atoms with Gasteiger partial charge in [0.25, 0.3) is 0 Å². The molecule has 0 unspecified atom stereocenters. The maximum absolute atomic E-state index is 13.0. The molecule has 4 nitrogen and oxygen atoms in total. The number of hydrogen-bond donors (Lipinski definition) is 0. The number of fused-ring (bicyclic) bond motifs is 3. The van der Waals surface area contributed by atoms with Gasteiger partial charge in [0.05, 0.1) is 13.1 Å². The number of hydrogen-bond acceptors (Lipinski definition) is 3. The van der Waals surface area contributed by atoms with E-state index in [4.69, 9.17) is 0 Å². The van der Waals surface area contributed by atoms with Crippen molar-refractivity contribution in [2.75, 3.05) is 39.3 Å². The van der Waals surface area contributed by atoms with E-state index in [1.54, 1.807) is 0 Å². The number of piperazine rings is 1. The van der Waals surface area contributed by atoms with Crippen molar-refractivity contribution in [3.05, 3.63) is 90.5 Å². The number of aromatic nitrogens is 1. The smallest absolute Gasteiger partial charge is 0.166 e. The molecule has 0 bridgehead atoms. The van der Waals surface area contributed by atoms with Crippen LogP contribution >= 0.6 is 12.4 Å². The van der Waals surface area contributed by atoms with E-state index >= 15 is 0 Å². The van der Waals surface area contributed by atoms with E-state index in [0.717, 1.165) is 43.8 Å². The van der Waals surface area contributed by atoms with Crippen LogP contribution in [0.15, 0.2) is 84.9 Å². The van der Waals surface area contributed by atoms with Crippen LogP contribution in [0.1, 0.15) is 5.56 Å². The van der Waals surface area contributed by atoms with Gasteiger partial charge in [-0.05, 0) is 17.7 Å². The molecule has 2 heterocycles. The Bertz CT molecular complexity index is 1190. The van der Waals surface area contributed by atoms with E-state index in [1.807, 2.05) is 18.2 Å². The average Bonchev–Trinajstić information content (AvgIpc) is 3.15. The highest BCUT2D eigenvalue weighted by Crippen LogP contribution is 2.28. The second kappa shape index (κ2) is 10.8. The van der Waals surface area contributed by atoms with E-state index in [0.29, 0.717) is 13.1 Å². The molecule has 3 aromatic carbocycles. The van der Waals surface area contributed by atoms with Gasteiger partial charge in [0.2, 0.25) is 0 Å².